The first kappa shape index (κ1) is 18.8. The van der Waals surface area contributed by atoms with Crippen LogP contribution in [0.2, 0.25) is 0 Å². The van der Waals surface area contributed by atoms with E-state index in [0.29, 0.717) is 32.3 Å². The number of amides is 2. The van der Waals surface area contributed by atoms with Crippen molar-refractivity contribution in [1.82, 2.24) is 25.3 Å². The van der Waals surface area contributed by atoms with Crippen molar-refractivity contribution in [1.29, 1.82) is 0 Å². The van der Waals surface area contributed by atoms with Crippen molar-refractivity contribution < 1.29 is 9.53 Å². The lowest BCUT2D eigenvalue weighted by molar-refractivity contribution is 0.0798. The van der Waals surface area contributed by atoms with E-state index in [2.05, 4.69) is 20.6 Å². The van der Waals surface area contributed by atoms with Crippen LogP contribution >= 0.6 is 0 Å². The molecule has 1 aromatic heterocycles. The van der Waals surface area contributed by atoms with E-state index in [1.165, 1.54) is 17.2 Å². The van der Waals surface area contributed by atoms with Gasteiger partial charge in [0.25, 0.3) is 5.56 Å². The minimum absolute atomic E-state index is 0.0741. The summed E-state index contributed by atoms with van der Waals surface area (Å²) in [6.45, 7) is 4.40. The summed E-state index contributed by atoms with van der Waals surface area (Å²) in [5.74, 6) is 0. The average Bonchev–Trinajstić information content (AvgIpc) is 2.67. The first-order valence-electron chi connectivity index (χ1n) is 9.60. The van der Waals surface area contributed by atoms with Gasteiger partial charge in [0.15, 0.2) is 0 Å². The molecule has 2 N–H and O–H groups in total. The molecule has 26 heavy (non-hydrogen) atoms. The number of piperidine rings is 1. The number of nitrogens with one attached hydrogen (secondary N) is 2. The number of nitrogens with zero attached hydrogens (tertiary/aromatic N) is 3. The highest BCUT2D eigenvalue weighted by Crippen LogP contribution is 2.16. The molecule has 2 saturated heterocycles. The standard InChI is InChI=1S/C18H29N5O3/c24-17-5-3-8-20-23(17)11-10-22-9-2-1-4-16(22)14-19-18(25)21-15-6-12-26-13-7-15/h3,5,8,15-16H,1-2,4,6-7,9-14H2,(H2,19,21,25). The predicted molar refractivity (Wildman–Crippen MR) is 98.1 cm³/mol. The summed E-state index contributed by atoms with van der Waals surface area (Å²) in [4.78, 5) is 26.3. The fraction of sp³-hybridized carbons (Fsp3) is 0.722. The molecule has 144 valence electrons. The number of urea groups is 1. The zero-order chi connectivity index (χ0) is 18.2. The van der Waals surface area contributed by atoms with Gasteiger partial charge in [-0.3, -0.25) is 9.69 Å². The summed E-state index contributed by atoms with van der Waals surface area (Å²) in [6.07, 6.45) is 6.78. The number of rotatable bonds is 6. The smallest absolute Gasteiger partial charge is 0.315 e. The largest absolute Gasteiger partial charge is 0.381 e. The quantitative estimate of drug-likeness (QED) is 0.772. The van der Waals surface area contributed by atoms with Crippen LogP contribution in [-0.4, -0.2) is 65.6 Å². The third kappa shape index (κ3) is 5.54. The van der Waals surface area contributed by atoms with E-state index in [1.54, 1.807) is 12.3 Å². The number of ether oxygens (including phenoxy) is 1. The summed E-state index contributed by atoms with van der Waals surface area (Å²) in [6, 6.07) is 3.61. The molecule has 1 aromatic rings. The van der Waals surface area contributed by atoms with Gasteiger partial charge in [-0.15, -0.1) is 0 Å². The van der Waals surface area contributed by atoms with Crippen molar-refractivity contribution >= 4 is 6.03 Å². The van der Waals surface area contributed by atoms with Crippen molar-refractivity contribution in [3.63, 3.8) is 0 Å². The molecule has 1 unspecified atom stereocenters. The van der Waals surface area contributed by atoms with Crippen molar-refractivity contribution in [3.8, 4) is 0 Å². The van der Waals surface area contributed by atoms with Crippen LogP contribution in [0.4, 0.5) is 4.79 Å². The van der Waals surface area contributed by atoms with Crippen LogP contribution in [0.15, 0.2) is 23.1 Å². The molecule has 1 atom stereocenters. The number of likely N-dealkylation sites (tertiary alicyclic amines) is 1. The lowest BCUT2D eigenvalue weighted by Crippen LogP contribution is -2.51. The SMILES string of the molecule is O=C(NCC1CCCCN1CCn1ncccc1=O)NC1CCOCC1. The highest BCUT2D eigenvalue weighted by molar-refractivity contribution is 5.74. The Bertz CT molecular complexity index is 629. The molecule has 3 rings (SSSR count). The highest BCUT2D eigenvalue weighted by atomic mass is 16.5. The van der Waals surface area contributed by atoms with Gasteiger partial charge >= 0.3 is 6.03 Å². The van der Waals surface area contributed by atoms with Crippen LogP contribution in [0, 0.1) is 0 Å². The minimum Gasteiger partial charge on any atom is -0.381 e. The Morgan fingerprint density at radius 3 is 2.88 bits per heavy atom. The van der Waals surface area contributed by atoms with Crippen LogP contribution in [0.5, 0.6) is 0 Å². The van der Waals surface area contributed by atoms with Gasteiger partial charge in [0, 0.05) is 50.7 Å². The first-order chi connectivity index (χ1) is 12.7. The molecular weight excluding hydrogens is 334 g/mol. The maximum absolute atomic E-state index is 12.1. The van der Waals surface area contributed by atoms with Crippen molar-refractivity contribution in [2.45, 2.75) is 50.7 Å². The van der Waals surface area contributed by atoms with Gasteiger partial charge in [-0.2, -0.15) is 5.10 Å². The van der Waals surface area contributed by atoms with Crippen molar-refractivity contribution in [2.75, 3.05) is 32.8 Å². The molecule has 0 aliphatic carbocycles. The van der Waals surface area contributed by atoms with Crippen LogP contribution in [-0.2, 0) is 11.3 Å². The van der Waals surface area contributed by atoms with Gasteiger partial charge in [-0.1, -0.05) is 6.42 Å². The van der Waals surface area contributed by atoms with E-state index in [-0.39, 0.29) is 17.6 Å². The van der Waals surface area contributed by atoms with Gasteiger partial charge in [-0.05, 0) is 38.3 Å². The Morgan fingerprint density at radius 1 is 1.23 bits per heavy atom. The molecule has 2 amide bonds. The number of carbonyl (C=O) groups excluding carboxylic acids is 1. The summed E-state index contributed by atoms with van der Waals surface area (Å²) in [7, 11) is 0. The van der Waals surface area contributed by atoms with Gasteiger partial charge < -0.3 is 15.4 Å². The van der Waals surface area contributed by atoms with Crippen molar-refractivity contribution in [3.05, 3.63) is 28.7 Å². The van der Waals surface area contributed by atoms with E-state index in [4.69, 9.17) is 4.74 Å². The number of hydrogen-bond donors (Lipinski definition) is 2. The van der Waals surface area contributed by atoms with E-state index in [0.717, 1.165) is 38.8 Å². The second-order valence-electron chi connectivity index (χ2n) is 7.01. The predicted octanol–water partition coefficient (Wildman–Crippen LogP) is 0.576. The number of aromatic nitrogens is 2. The molecule has 0 aromatic carbocycles. The molecule has 0 spiro atoms. The van der Waals surface area contributed by atoms with E-state index < -0.39 is 0 Å². The molecule has 0 saturated carbocycles. The van der Waals surface area contributed by atoms with Crippen LogP contribution < -0.4 is 16.2 Å². The fourth-order valence-corrected chi connectivity index (χ4v) is 3.65. The molecule has 2 aliphatic heterocycles. The Kier molecular flexibility index (Phi) is 7.02. The summed E-state index contributed by atoms with van der Waals surface area (Å²) in [5, 5.41) is 10.2. The van der Waals surface area contributed by atoms with Gasteiger partial charge in [0.2, 0.25) is 0 Å². The lowest BCUT2D eigenvalue weighted by atomic mass is 10.0. The summed E-state index contributed by atoms with van der Waals surface area (Å²) in [5.41, 5.74) is -0.0741. The number of carbonyl (C=O) groups is 1. The van der Waals surface area contributed by atoms with Gasteiger partial charge in [-0.25, -0.2) is 9.48 Å². The Labute approximate surface area is 153 Å². The molecule has 0 bridgehead atoms. The summed E-state index contributed by atoms with van der Waals surface area (Å²) < 4.78 is 6.81. The highest BCUT2D eigenvalue weighted by Gasteiger charge is 2.23. The molecule has 3 heterocycles. The fourth-order valence-electron chi connectivity index (χ4n) is 3.65. The third-order valence-corrected chi connectivity index (χ3v) is 5.19. The molecule has 0 radical (unpaired) electrons. The normalized spacial score (nSPS) is 22.1. The molecule has 2 aliphatic rings. The Balaban J connectivity index is 1.45. The Morgan fingerprint density at radius 2 is 2.08 bits per heavy atom. The second-order valence-corrected chi connectivity index (χ2v) is 7.01. The van der Waals surface area contributed by atoms with Gasteiger partial charge in [0.1, 0.15) is 0 Å². The van der Waals surface area contributed by atoms with Gasteiger partial charge in [0.05, 0.1) is 6.54 Å². The maximum atomic E-state index is 12.1. The monoisotopic (exact) mass is 363 g/mol. The zero-order valence-electron chi connectivity index (χ0n) is 15.2. The lowest BCUT2D eigenvalue weighted by Gasteiger charge is -2.36. The van der Waals surface area contributed by atoms with Crippen LogP contribution in [0.1, 0.15) is 32.1 Å². The topological polar surface area (TPSA) is 88.5 Å². The van der Waals surface area contributed by atoms with E-state index in [1.807, 2.05) is 0 Å². The second kappa shape index (κ2) is 9.68. The van der Waals surface area contributed by atoms with E-state index >= 15 is 0 Å². The van der Waals surface area contributed by atoms with Crippen LogP contribution in [0.3, 0.4) is 0 Å². The molecule has 2 fully saturated rings. The molecule has 8 nitrogen and oxygen atoms in total. The first-order valence-corrected chi connectivity index (χ1v) is 9.60. The van der Waals surface area contributed by atoms with Crippen molar-refractivity contribution in [2.24, 2.45) is 0 Å². The maximum Gasteiger partial charge on any atom is 0.315 e. The Hall–Kier alpha value is -1.93. The third-order valence-electron chi connectivity index (χ3n) is 5.19. The average molecular weight is 363 g/mol. The van der Waals surface area contributed by atoms with Crippen LogP contribution in [0.25, 0.3) is 0 Å². The minimum atomic E-state index is -0.0941. The summed E-state index contributed by atoms with van der Waals surface area (Å²) >= 11 is 0. The zero-order valence-corrected chi connectivity index (χ0v) is 15.2. The molecule has 8 heteroatoms. The number of hydrogen-bond acceptors (Lipinski definition) is 5. The molecular formula is C18H29N5O3. The van der Waals surface area contributed by atoms with E-state index in [9.17, 15) is 9.59 Å².